The van der Waals surface area contributed by atoms with Crippen LogP contribution in [0.25, 0.3) is 0 Å². The Balaban J connectivity index is 2.96. The van der Waals surface area contributed by atoms with Gasteiger partial charge in [0.1, 0.15) is 5.75 Å². The number of carbonyl (C=O) groups excluding carboxylic acids is 1. The molecule has 1 rings (SSSR count). The van der Waals surface area contributed by atoms with Crippen molar-refractivity contribution in [2.24, 2.45) is 0 Å². The molecular weight excluding hydrogens is 218 g/mol. The molecule has 2 atom stereocenters. The average molecular weight is 237 g/mol. The third-order valence-electron chi connectivity index (χ3n) is 2.54. The zero-order valence-electron chi connectivity index (χ0n) is 10.7. The Morgan fingerprint density at radius 2 is 2.06 bits per heavy atom. The number of benzene rings is 1. The minimum atomic E-state index is -0.623. The minimum Gasteiger partial charge on any atom is -0.481 e. The van der Waals surface area contributed by atoms with Gasteiger partial charge >= 0.3 is 0 Å². The SMILES string of the molecule is CNC(=O)C(C)Oc1cc(C)ccc1[C@@H](C)O. The number of amides is 1. The second kappa shape index (κ2) is 5.68. The predicted octanol–water partition coefficient (Wildman–Crippen LogP) is 1.56. The van der Waals surface area contributed by atoms with Crippen LogP contribution in [0.3, 0.4) is 0 Å². The van der Waals surface area contributed by atoms with E-state index >= 15 is 0 Å². The van der Waals surface area contributed by atoms with Gasteiger partial charge in [0.15, 0.2) is 6.10 Å². The lowest BCUT2D eigenvalue weighted by Gasteiger charge is -2.18. The summed E-state index contributed by atoms with van der Waals surface area (Å²) in [5.41, 5.74) is 1.71. The Morgan fingerprint density at radius 1 is 1.41 bits per heavy atom. The predicted molar refractivity (Wildman–Crippen MR) is 66.0 cm³/mol. The van der Waals surface area contributed by atoms with E-state index in [-0.39, 0.29) is 5.91 Å². The molecule has 0 radical (unpaired) electrons. The number of carbonyl (C=O) groups is 1. The van der Waals surface area contributed by atoms with Crippen LogP contribution in [0.5, 0.6) is 5.75 Å². The van der Waals surface area contributed by atoms with E-state index in [1.165, 1.54) is 0 Å². The maximum atomic E-state index is 11.4. The molecule has 1 unspecified atom stereocenters. The van der Waals surface area contributed by atoms with Gasteiger partial charge in [-0.3, -0.25) is 4.79 Å². The van der Waals surface area contributed by atoms with Crippen molar-refractivity contribution in [1.29, 1.82) is 0 Å². The Bertz CT molecular complexity index is 402. The van der Waals surface area contributed by atoms with Crippen molar-refractivity contribution in [1.82, 2.24) is 5.32 Å². The van der Waals surface area contributed by atoms with E-state index in [1.54, 1.807) is 20.9 Å². The fourth-order valence-electron chi connectivity index (χ4n) is 1.54. The highest BCUT2D eigenvalue weighted by Crippen LogP contribution is 2.27. The second-order valence-electron chi connectivity index (χ2n) is 4.09. The molecule has 0 fully saturated rings. The molecule has 0 aliphatic heterocycles. The largest absolute Gasteiger partial charge is 0.481 e. The quantitative estimate of drug-likeness (QED) is 0.835. The highest BCUT2D eigenvalue weighted by molar-refractivity contribution is 5.80. The summed E-state index contributed by atoms with van der Waals surface area (Å²) in [7, 11) is 1.56. The van der Waals surface area contributed by atoms with Gasteiger partial charge in [0, 0.05) is 12.6 Å². The Labute approximate surface area is 102 Å². The third-order valence-corrected chi connectivity index (χ3v) is 2.54. The maximum absolute atomic E-state index is 11.4. The van der Waals surface area contributed by atoms with Crippen LogP contribution in [0.4, 0.5) is 0 Å². The first-order valence-electron chi connectivity index (χ1n) is 5.62. The number of ether oxygens (including phenoxy) is 1. The molecule has 4 heteroatoms. The molecule has 0 bridgehead atoms. The number of aliphatic hydroxyl groups excluding tert-OH is 1. The molecule has 1 aromatic carbocycles. The van der Waals surface area contributed by atoms with Crippen LogP contribution in [-0.4, -0.2) is 24.2 Å². The number of aryl methyl sites for hydroxylation is 1. The van der Waals surface area contributed by atoms with E-state index in [1.807, 2.05) is 25.1 Å². The molecule has 0 aliphatic rings. The topological polar surface area (TPSA) is 58.6 Å². The van der Waals surface area contributed by atoms with Crippen molar-refractivity contribution in [3.63, 3.8) is 0 Å². The molecule has 4 nitrogen and oxygen atoms in total. The summed E-state index contributed by atoms with van der Waals surface area (Å²) in [6.07, 6.45) is -1.21. The fraction of sp³-hybridized carbons (Fsp3) is 0.462. The van der Waals surface area contributed by atoms with Gasteiger partial charge in [0.25, 0.3) is 5.91 Å². The average Bonchev–Trinajstić information content (AvgIpc) is 2.27. The van der Waals surface area contributed by atoms with Gasteiger partial charge in [-0.1, -0.05) is 12.1 Å². The van der Waals surface area contributed by atoms with Crippen LogP contribution >= 0.6 is 0 Å². The van der Waals surface area contributed by atoms with E-state index in [4.69, 9.17) is 4.74 Å². The van der Waals surface area contributed by atoms with Gasteiger partial charge < -0.3 is 15.2 Å². The molecule has 0 aliphatic carbocycles. The van der Waals surface area contributed by atoms with Gasteiger partial charge in [-0.25, -0.2) is 0 Å². The zero-order valence-corrected chi connectivity index (χ0v) is 10.7. The van der Waals surface area contributed by atoms with Crippen molar-refractivity contribution in [2.45, 2.75) is 33.0 Å². The van der Waals surface area contributed by atoms with E-state index in [2.05, 4.69) is 5.32 Å². The standard InChI is InChI=1S/C13H19NO3/c1-8-5-6-11(9(2)15)12(7-8)17-10(3)13(16)14-4/h5-7,9-10,15H,1-4H3,(H,14,16)/t9-,10?/m1/s1. The van der Waals surface area contributed by atoms with E-state index in [9.17, 15) is 9.90 Å². The molecular formula is C13H19NO3. The van der Waals surface area contributed by atoms with Crippen LogP contribution in [0, 0.1) is 6.92 Å². The highest BCUT2D eigenvalue weighted by Gasteiger charge is 2.16. The highest BCUT2D eigenvalue weighted by atomic mass is 16.5. The lowest BCUT2D eigenvalue weighted by molar-refractivity contribution is -0.126. The molecule has 0 aromatic heterocycles. The van der Waals surface area contributed by atoms with E-state index < -0.39 is 12.2 Å². The molecule has 17 heavy (non-hydrogen) atoms. The van der Waals surface area contributed by atoms with Crippen LogP contribution in [0.2, 0.25) is 0 Å². The summed E-state index contributed by atoms with van der Waals surface area (Å²) in [4.78, 5) is 11.4. The summed E-state index contributed by atoms with van der Waals surface area (Å²) in [5.74, 6) is 0.360. The summed E-state index contributed by atoms with van der Waals surface area (Å²) >= 11 is 0. The lowest BCUT2D eigenvalue weighted by Crippen LogP contribution is -2.34. The zero-order chi connectivity index (χ0) is 13.0. The molecule has 1 amide bonds. The van der Waals surface area contributed by atoms with Gasteiger partial charge in [-0.15, -0.1) is 0 Å². The molecule has 1 aromatic rings. The minimum absolute atomic E-state index is 0.192. The van der Waals surface area contributed by atoms with Crippen molar-refractivity contribution in [2.75, 3.05) is 7.05 Å². The Hall–Kier alpha value is -1.55. The van der Waals surface area contributed by atoms with Crippen molar-refractivity contribution < 1.29 is 14.6 Å². The lowest BCUT2D eigenvalue weighted by atomic mass is 10.1. The number of hydrogen-bond acceptors (Lipinski definition) is 3. The number of nitrogens with one attached hydrogen (secondary N) is 1. The normalized spacial score (nSPS) is 13.9. The van der Waals surface area contributed by atoms with Gasteiger partial charge in [-0.05, 0) is 32.4 Å². The summed E-state index contributed by atoms with van der Waals surface area (Å²) in [5, 5.41) is 12.1. The molecule has 94 valence electrons. The molecule has 0 saturated heterocycles. The van der Waals surface area contributed by atoms with Crippen LogP contribution in [-0.2, 0) is 4.79 Å². The molecule has 0 spiro atoms. The smallest absolute Gasteiger partial charge is 0.260 e. The van der Waals surface area contributed by atoms with E-state index in [0.29, 0.717) is 11.3 Å². The van der Waals surface area contributed by atoms with Gasteiger partial charge in [0.2, 0.25) is 0 Å². The fourth-order valence-corrected chi connectivity index (χ4v) is 1.54. The van der Waals surface area contributed by atoms with E-state index in [0.717, 1.165) is 5.56 Å². The van der Waals surface area contributed by atoms with Crippen LogP contribution in [0.1, 0.15) is 31.1 Å². The first-order chi connectivity index (χ1) is 7.95. The van der Waals surface area contributed by atoms with Gasteiger partial charge in [0.05, 0.1) is 6.10 Å². The Kier molecular flexibility index (Phi) is 4.52. The number of hydrogen-bond donors (Lipinski definition) is 2. The first kappa shape index (κ1) is 13.5. The molecule has 2 N–H and O–H groups in total. The molecule has 0 heterocycles. The Morgan fingerprint density at radius 3 is 2.59 bits per heavy atom. The monoisotopic (exact) mass is 237 g/mol. The third kappa shape index (κ3) is 3.46. The number of rotatable bonds is 4. The van der Waals surface area contributed by atoms with Gasteiger partial charge in [-0.2, -0.15) is 0 Å². The second-order valence-corrected chi connectivity index (χ2v) is 4.09. The summed E-state index contributed by atoms with van der Waals surface area (Å²) < 4.78 is 5.57. The number of aliphatic hydroxyl groups is 1. The summed E-state index contributed by atoms with van der Waals surface area (Å²) in [6.45, 7) is 5.28. The van der Waals surface area contributed by atoms with Crippen molar-refractivity contribution >= 4 is 5.91 Å². The first-order valence-corrected chi connectivity index (χ1v) is 5.62. The van der Waals surface area contributed by atoms with Crippen molar-refractivity contribution in [3.05, 3.63) is 29.3 Å². The maximum Gasteiger partial charge on any atom is 0.260 e. The van der Waals surface area contributed by atoms with Crippen LogP contribution in [0.15, 0.2) is 18.2 Å². The summed E-state index contributed by atoms with van der Waals surface area (Å²) in [6, 6.07) is 5.53. The van der Waals surface area contributed by atoms with Crippen molar-refractivity contribution in [3.8, 4) is 5.75 Å². The van der Waals surface area contributed by atoms with Crippen LogP contribution < -0.4 is 10.1 Å². The number of likely N-dealkylation sites (N-methyl/N-ethyl adjacent to an activating group) is 1. The molecule has 0 saturated carbocycles.